The molecule has 0 bridgehead atoms. The first kappa shape index (κ1) is 12.0. The monoisotopic (exact) mass is 171 g/mol. The highest BCUT2D eigenvalue weighted by molar-refractivity contribution is 4.73. The van der Waals surface area contributed by atoms with Crippen LogP contribution in [0.3, 0.4) is 0 Å². The molecular formula is C11H25N. The molecule has 0 aromatic carbocycles. The fraction of sp³-hybridized carbons (Fsp3) is 1.00. The Kier molecular flexibility index (Phi) is 6.45. The van der Waals surface area contributed by atoms with Gasteiger partial charge in [0.05, 0.1) is 0 Å². The van der Waals surface area contributed by atoms with Crippen LogP contribution in [0.25, 0.3) is 0 Å². The highest BCUT2D eigenvalue weighted by Gasteiger charge is 2.21. The maximum Gasteiger partial charge on any atom is 0.000366 e. The minimum atomic E-state index is 0.991. The van der Waals surface area contributed by atoms with Crippen LogP contribution < -0.4 is 0 Å². The molecule has 0 amide bonds. The molecule has 1 heteroatoms. The molecule has 0 aromatic rings. The van der Waals surface area contributed by atoms with Crippen molar-refractivity contribution in [2.24, 2.45) is 11.8 Å². The zero-order valence-corrected chi connectivity index (χ0v) is 9.43. The van der Waals surface area contributed by atoms with E-state index < -0.39 is 0 Å². The molecule has 2 atom stereocenters. The van der Waals surface area contributed by atoms with Gasteiger partial charge in [0.15, 0.2) is 0 Å². The summed E-state index contributed by atoms with van der Waals surface area (Å²) in [6.45, 7) is 7.67. The molecule has 1 aliphatic rings. The van der Waals surface area contributed by atoms with Crippen molar-refractivity contribution < 1.29 is 0 Å². The van der Waals surface area contributed by atoms with Crippen molar-refractivity contribution in [3.63, 3.8) is 0 Å². The lowest BCUT2D eigenvalue weighted by Crippen LogP contribution is -2.19. The first-order valence-corrected chi connectivity index (χ1v) is 5.33. The van der Waals surface area contributed by atoms with Gasteiger partial charge in [0, 0.05) is 6.54 Å². The van der Waals surface area contributed by atoms with E-state index in [-0.39, 0.29) is 0 Å². The molecule has 0 aliphatic heterocycles. The molecule has 0 radical (unpaired) electrons. The third-order valence-electron chi connectivity index (χ3n) is 2.43. The summed E-state index contributed by atoms with van der Waals surface area (Å²) in [6.07, 6.45) is 4.37. The van der Waals surface area contributed by atoms with Crippen molar-refractivity contribution in [3.8, 4) is 0 Å². The number of hydrogen-bond donors (Lipinski definition) is 0. The van der Waals surface area contributed by atoms with E-state index in [1.165, 1.54) is 25.8 Å². The minimum Gasteiger partial charge on any atom is -0.309 e. The van der Waals surface area contributed by atoms with Crippen molar-refractivity contribution in [2.45, 2.75) is 40.0 Å². The lowest BCUT2D eigenvalue weighted by Gasteiger charge is -2.15. The second-order valence-corrected chi connectivity index (χ2v) is 4.05. The number of nitrogens with zero attached hydrogens (tertiary/aromatic N) is 1. The summed E-state index contributed by atoms with van der Waals surface area (Å²) in [6, 6.07) is 0. The summed E-state index contributed by atoms with van der Waals surface area (Å²) in [5.41, 5.74) is 0. The van der Waals surface area contributed by atoms with Crippen LogP contribution in [-0.2, 0) is 0 Å². The Labute approximate surface area is 78.1 Å². The highest BCUT2D eigenvalue weighted by Crippen LogP contribution is 2.30. The van der Waals surface area contributed by atoms with Crippen molar-refractivity contribution >= 4 is 0 Å². The fourth-order valence-corrected chi connectivity index (χ4v) is 2.01. The largest absolute Gasteiger partial charge is 0.309 e. The van der Waals surface area contributed by atoms with Crippen molar-refractivity contribution in [2.75, 3.05) is 20.6 Å². The summed E-state index contributed by atoms with van der Waals surface area (Å²) in [5.74, 6) is 1.98. The van der Waals surface area contributed by atoms with Crippen molar-refractivity contribution in [3.05, 3.63) is 0 Å². The standard InChI is InChI=1S/C9H19N.C2H6/c1-8-4-5-9(6-8)7-10(2)3;1-2/h8-9H,4-7H2,1-3H3;1-2H3. The van der Waals surface area contributed by atoms with Gasteiger partial charge in [-0.2, -0.15) is 0 Å². The maximum atomic E-state index is 2.37. The predicted molar refractivity (Wildman–Crippen MR) is 56.4 cm³/mol. The maximum absolute atomic E-state index is 2.37. The van der Waals surface area contributed by atoms with Gasteiger partial charge in [-0.25, -0.2) is 0 Å². The Morgan fingerprint density at radius 3 is 2.08 bits per heavy atom. The van der Waals surface area contributed by atoms with Crippen molar-refractivity contribution in [1.82, 2.24) is 4.90 Å². The van der Waals surface area contributed by atoms with Crippen LogP contribution in [0.2, 0.25) is 0 Å². The Balaban J connectivity index is 0.000000561. The molecule has 12 heavy (non-hydrogen) atoms. The average Bonchev–Trinajstić information content (AvgIpc) is 2.39. The SMILES string of the molecule is CC.CC1CCC(CN(C)C)C1. The smallest absolute Gasteiger partial charge is 0.000366 e. The van der Waals surface area contributed by atoms with Crippen LogP contribution in [0.4, 0.5) is 0 Å². The Hall–Kier alpha value is -0.0400. The number of rotatable bonds is 2. The van der Waals surface area contributed by atoms with Gasteiger partial charge in [-0.3, -0.25) is 0 Å². The van der Waals surface area contributed by atoms with Gasteiger partial charge >= 0.3 is 0 Å². The van der Waals surface area contributed by atoms with Gasteiger partial charge in [0.1, 0.15) is 0 Å². The van der Waals surface area contributed by atoms with Crippen LogP contribution in [0.1, 0.15) is 40.0 Å². The van der Waals surface area contributed by atoms with Gasteiger partial charge in [-0.1, -0.05) is 27.2 Å². The van der Waals surface area contributed by atoms with E-state index in [1.807, 2.05) is 13.8 Å². The molecule has 1 saturated carbocycles. The quantitative estimate of drug-likeness (QED) is 0.617. The summed E-state index contributed by atoms with van der Waals surface area (Å²) in [4.78, 5) is 2.31. The van der Waals surface area contributed by atoms with Gasteiger partial charge in [-0.15, -0.1) is 0 Å². The van der Waals surface area contributed by atoms with E-state index in [1.54, 1.807) is 0 Å². The minimum absolute atomic E-state index is 0.991. The molecule has 0 N–H and O–H groups in total. The zero-order valence-electron chi connectivity index (χ0n) is 9.43. The molecule has 2 unspecified atom stereocenters. The second kappa shape index (κ2) is 6.47. The average molecular weight is 171 g/mol. The Bertz CT molecular complexity index is 99.2. The van der Waals surface area contributed by atoms with E-state index in [0.717, 1.165) is 11.8 Å². The van der Waals surface area contributed by atoms with Crippen LogP contribution in [0.15, 0.2) is 0 Å². The first-order valence-electron chi connectivity index (χ1n) is 5.33. The topological polar surface area (TPSA) is 3.24 Å². The predicted octanol–water partition coefficient (Wildman–Crippen LogP) is 3.01. The van der Waals surface area contributed by atoms with E-state index >= 15 is 0 Å². The molecule has 0 saturated heterocycles. The zero-order chi connectivity index (χ0) is 9.56. The molecule has 1 rings (SSSR count). The lowest BCUT2D eigenvalue weighted by atomic mass is 10.1. The van der Waals surface area contributed by atoms with E-state index in [9.17, 15) is 0 Å². The molecule has 1 aliphatic carbocycles. The van der Waals surface area contributed by atoms with E-state index in [0.29, 0.717) is 0 Å². The molecule has 74 valence electrons. The highest BCUT2D eigenvalue weighted by atomic mass is 15.1. The molecule has 0 spiro atoms. The van der Waals surface area contributed by atoms with Gasteiger partial charge < -0.3 is 4.90 Å². The van der Waals surface area contributed by atoms with Crippen LogP contribution in [0, 0.1) is 11.8 Å². The molecule has 0 heterocycles. The van der Waals surface area contributed by atoms with Gasteiger partial charge in [0.2, 0.25) is 0 Å². The summed E-state index contributed by atoms with van der Waals surface area (Å²) in [7, 11) is 4.34. The third kappa shape index (κ3) is 4.76. The molecular weight excluding hydrogens is 146 g/mol. The molecule has 1 nitrogen and oxygen atoms in total. The van der Waals surface area contributed by atoms with E-state index in [4.69, 9.17) is 0 Å². The van der Waals surface area contributed by atoms with Crippen LogP contribution in [-0.4, -0.2) is 25.5 Å². The third-order valence-corrected chi connectivity index (χ3v) is 2.43. The lowest BCUT2D eigenvalue weighted by molar-refractivity contribution is 0.323. The second-order valence-electron chi connectivity index (χ2n) is 4.05. The summed E-state index contributed by atoms with van der Waals surface area (Å²) < 4.78 is 0. The van der Waals surface area contributed by atoms with Crippen molar-refractivity contribution in [1.29, 1.82) is 0 Å². The molecule has 0 aromatic heterocycles. The van der Waals surface area contributed by atoms with Crippen LogP contribution in [0.5, 0.6) is 0 Å². The van der Waals surface area contributed by atoms with Gasteiger partial charge in [-0.05, 0) is 38.8 Å². The normalized spacial score (nSPS) is 28.5. The summed E-state index contributed by atoms with van der Waals surface area (Å²) in [5, 5.41) is 0. The van der Waals surface area contributed by atoms with Crippen LogP contribution >= 0.6 is 0 Å². The Morgan fingerprint density at radius 2 is 1.75 bits per heavy atom. The first-order chi connectivity index (χ1) is 5.68. The Morgan fingerprint density at radius 1 is 1.17 bits per heavy atom. The molecule has 1 fully saturated rings. The van der Waals surface area contributed by atoms with E-state index in [2.05, 4.69) is 25.9 Å². The fourth-order valence-electron chi connectivity index (χ4n) is 2.01. The van der Waals surface area contributed by atoms with Gasteiger partial charge in [0.25, 0.3) is 0 Å². The summed E-state index contributed by atoms with van der Waals surface area (Å²) >= 11 is 0. The number of hydrogen-bond acceptors (Lipinski definition) is 1.